The van der Waals surface area contributed by atoms with Crippen molar-refractivity contribution in [3.8, 4) is 11.5 Å². The molecule has 0 aliphatic carbocycles. The molecule has 0 saturated heterocycles. The first kappa shape index (κ1) is 15.0. The third-order valence-corrected chi connectivity index (χ3v) is 3.25. The normalized spacial score (nSPS) is 10.2. The van der Waals surface area contributed by atoms with Crippen LogP contribution in [0, 0.1) is 20.2 Å². The van der Waals surface area contributed by atoms with Gasteiger partial charge in [0.05, 0.1) is 14.9 Å². The number of halogens is 2. The molecule has 0 aliphatic heterocycles. The van der Waals surface area contributed by atoms with E-state index in [1.165, 1.54) is 12.1 Å². The summed E-state index contributed by atoms with van der Waals surface area (Å²) in [5.41, 5.74) is -1.75. The van der Waals surface area contributed by atoms with E-state index in [0.717, 1.165) is 6.07 Å². The maximum absolute atomic E-state index is 11.1. The van der Waals surface area contributed by atoms with Crippen molar-refractivity contribution in [1.29, 1.82) is 0 Å². The van der Waals surface area contributed by atoms with E-state index in [1.807, 2.05) is 0 Å². The molecule has 7 nitrogen and oxygen atoms in total. The highest BCUT2D eigenvalue weighted by Gasteiger charge is 2.35. The molecular weight excluding hydrogens is 323 g/mol. The lowest BCUT2D eigenvalue weighted by atomic mass is 10.2. The van der Waals surface area contributed by atoms with Crippen molar-refractivity contribution in [2.24, 2.45) is 0 Å². The maximum Gasteiger partial charge on any atom is 0.389 e. The van der Waals surface area contributed by atoms with E-state index in [-0.39, 0.29) is 16.5 Å². The predicted octanol–water partition coefficient (Wildman–Crippen LogP) is 4.60. The number of rotatable bonds is 4. The molecule has 0 unspecified atom stereocenters. The number of hydrogen-bond acceptors (Lipinski definition) is 5. The minimum Gasteiger partial charge on any atom is -0.450 e. The lowest BCUT2D eigenvalue weighted by Gasteiger charge is -2.08. The Morgan fingerprint density at radius 1 is 0.952 bits per heavy atom. The van der Waals surface area contributed by atoms with Crippen LogP contribution in [0.4, 0.5) is 11.4 Å². The second-order valence-electron chi connectivity index (χ2n) is 3.80. The van der Waals surface area contributed by atoms with Crippen LogP contribution in [0.5, 0.6) is 11.5 Å². The monoisotopic (exact) mass is 328 g/mol. The highest BCUT2D eigenvalue weighted by Crippen LogP contribution is 2.46. The standard InChI is InChI=1S/C12H6Cl2N2O5/c13-8-6-9(21-7-4-2-1-3-5-7)11(15(17)18)12(10(8)14)16(19)20/h1-6H. The number of benzene rings is 2. The first-order valence-electron chi connectivity index (χ1n) is 5.45. The molecule has 9 heteroatoms. The summed E-state index contributed by atoms with van der Waals surface area (Å²) >= 11 is 11.4. The molecule has 0 radical (unpaired) electrons. The van der Waals surface area contributed by atoms with Gasteiger partial charge in [0.25, 0.3) is 0 Å². The van der Waals surface area contributed by atoms with Crippen molar-refractivity contribution in [1.82, 2.24) is 0 Å². The predicted molar refractivity (Wildman–Crippen MR) is 76.3 cm³/mol. The average Bonchev–Trinajstić information content (AvgIpc) is 2.42. The summed E-state index contributed by atoms with van der Waals surface area (Å²) in [7, 11) is 0. The summed E-state index contributed by atoms with van der Waals surface area (Å²) in [6.07, 6.45) is 0. The highest BCUT2D eigenvalue weighted by atomic mass is 35.5. The SMILES string of the molecule is O=[N+]([O-])c1c(Oc2ccccc2)cc(Cl)c(Cl)c1[N+](=O)[O-]. The summed E-state index contributed by atoms with van der Waals surface area (Å²) in [5, 5.41) is 21.4. The lowest BCUT2D eigenvalue weighted by molar-refractivity contribution is -0.422. The van der Waals surface area contributed by atoms with Gasteiger partial charge in [0, 0.05) is 6.07 Å². The Kier molecular flexibility index (Phi) is 4.25. The van der Waals surface area contributed by atoms with E-state index in [4.69, 9.17) is 27.9 Å². The summed E-state index contributed by atoms with van der Waals surface area (Å²) < 4.78 is 5.31. The van der Waals surface area contributed by atoms with Gasteiger partial charge in [-0.15, -0.1) is 0 Å². The van der Waals surface area contributed by atoms with Crippen LogP contribution >= 0.6 is 23.2 Å². The molecule has 0 aliphatic rings. The van der Waals surface area contributed by atoms with Crippen molar-refractivity contribution in [3.63, 3.8) is 0 Å². The third kappa shape index (κ3) is 3.04. The van der Waals surface area contributed by atoms with Crippen LogP contribution in [-0.2, 0) is 0 Å². The van der Waals surface area contributed by atoms with E-state index >= 15 is 0 Å². The molecule has 0 saturated carbocycles. The summed E-state index contributed by atoms with van der Waals surface area (Å²) in [6, 6.07) is 9.16. The van der Waals surface area contributed by atoms with Crippen LogP contribution < -0.4 is 4.74 Å². The molecule has 21 heavy (non-hydrogen) atoms. The summed E-state index contributed by atoms with van der Waals surface area (Å²) in [5.74, 6) is -0.0828. The topological polar surface area (TPSA) is 95.5 Å². The van der Waals surface area contributed by atoms with Gasteiger partial charge in [0.15, 0.2) is 0 Å². The first-order chi connectivity index (χ1) is 9.91. The van der Waals surface area contributed by atoms with E-state index in [2.05, 4.69) is 0 Å². The van der Waals surface area contributed by atoms with E-state index in [1.54, 1.807) is 18.2 Å². The van der Waals surface area contributed by atoms with Gasteiger partial charge < -0.3 is 4.74 Å². The molecule has 0 aromatic heterocycles. The quantitative estimate of drug-likeness (QED) is 0.603. The number of hydrogen-bond donors (Lipinski definition) is 0. The maximum atomic E-state index is 11.1. The second-order valence-corrected chi connectivity index (χ2v) is 4.58. The van der Waals surface area contributed by atoms with Crippen molar-refractivity contribution in [3.05, 3.63) is 66.7 Å². The summed E-state index contributed by atoms with van der Waals surface area (Å²) in [4.78, 5) is 20.2. The van der Waals surface area contributed by atoms with Crippen LogP contribution in [0.25, 0.3) is 0 Å². The molecule has 2 rings (SSSR count). The Morgan fingerprint density at radius 3 is 2.05 bits per heavy atom. The van der Waals surface area contributed by atoms with Gasteiger partial charge in [0.1, 0.15) is 10.8 Å². The van der Waals surface area contributed by atoms with Gasteiger partial charge in [0.2, 0.25) is 5.75 Å². The molecule has 0 spiro atoms. The fraction of sp³-hybridized carbons (Fsp3) is 0. The van der Waals surface area contributed by atoms with E-state index < -0.39 is 26.2 Å². The van der Waals surface area contributed by atoms with Crippen molar-refractivity contribution < 1.29 is 14.6 Å². The highest BCUT2D eigenvalue weighted by molar-refractivity contribution is 6.43. The average molecular weight is 329 g/mol. The molecule has 0 fully saturated rings. The van der Waals surface area contributed by atoms with Gasteiger partial charge in [-0.3, -0.25) is 20.2 Å². The number of nitrogens with zero attached hydrogens (tertiary/aromatic N) is 2. The molecular formula is C12H6Cl2N2O5. The van der Waals surface area contributed by atoms with Crippen LogP contribution in [-0.4, -0.2) is 9.85 Å². The molecule has 0 amide bonds. The van der Waals surface area contributed by atoms with Gasteiger partial charge in [-0.05, 0) is 12.1 Å². The smallest absolute Gasteiger partial charge is 0.389 e. The van der Waals surface area contributed by atoms with Crippen LogP contribution in [0.15, 0.2) is 36.4 Å². The van der Waals surface area contributed by atoms with E-state index in [9.17, 15) is 20.2 Å². The molecule has 0 bridgehead atoms. The minimum atomic E-state index is -0.968. The van der Waals surface area contributed by atoms with Gasteiger partial charge in [-0.1, -0.05) is 41.4 Å². The minimum absolute atomic E-state index is 0.208. The number of ether oxygens (including phenoxy) is 1. The molecule has 0 atom stereocenters. The zero-order chi connectivity index (χ0) is 15.6. The Labute approximate surface area is 128 Å². The zero-order valence-electron chi connectivity index (χ0n) is 10.2. The van der Waals surface area contributed by atoms with Crippen LogP contribution in [0.2, 0.25) is 10.0 Å². The van der Waals surface area contributed by atoms with Crippen molar-refractivity contribution in [2.75, 3.05) is 0 Å². The number of nitro benzene ring substituents is 2. The largest absolute Gasteiger partial charge is 0.450 e. The second kappa shape index (κ2) is 5.94. The Hall–Kier alpha value is -2.38. The van der Waals surface area contributed by atoms with Crippen LogP contribution in [0.1, 0.15) is 0 Å². The third-order valence-electron chi connectivity index (χ3n) is 2.47. The molecule has 0 heterocycles. The summed E-state index contributed by atoms with van der Waals surface area (Å²) in [6.45, 7) is 0. The van der Waals surface area contributed by atoms with Crippen LogP contribution in [0.3, 0.4) is 0 Å². The van der Waals surface area contributed by atoms with Crippen molar-refractivity contribution >= 4 is 34.6 Å². The zero-order valence-corrected chi connectivity index (χ0v) is 11.7. The fourth-order valence-electron chi connectivity index (χ4n) is 1.62. The number of nitro groups is 2. The van der Waals surface area contributed by atoms with E-state index in [0.29, 0.717) is 0 Å². The van der Waals surface area contributed by atoms with Crippen molar-refractivity contribution in [2.45, 2.75) is 0 Å². The Balaban J connectivity index is 2.65. The first-order valence-corrected chi connectivity index (χ1v) is 6.21. The van der Waals surface area contributed by atoms with Gasteiger partial charge >= 0.3 is 11.4 Å². The fourth-order valence-corrected chi connectivity index (χ4v) is 2.02. The molecule has 108 valence electrons. The van der Waals surface area contributed by atoms with Gasteiger partial charge in [-0.25, -0.2) is 0 Å². The lowest BCUT2D eigenvalue weighted by Crippen LogP contribution is -2.00. The van der Waals surface area contributed by atoms with Gasteiger partial charge in [-0.2, -0.15) is 0 Å². The molecule has 2 aromatic rings. The Morgan fingerprint density at radius 2 is 1.52 bits per heavy atom. The molecule has 0 N–H and O–H groups in total. The Bertz CT molecular complexity index is 721. The molecule has 2 aromatic carbocycles. The number of para-hydroxylation sites is 1.